The summed E-state index contributed by atoms with van der Waals surface area (Å²) >= 11 is 6.11. The minimum Gasteiger partial charge on any atom is -0.442 e. The predicted molar refractivity (Wildman–Crippen MR) is 182 cm³/mol. The molecule has 2 unspecified atom stereocenters. The van der Waals surface area contributed by atoms with Gasteiger partial charge in [-0.1, -0.05) is 74.0 Å². The third-order valence-electron chi connectivity index (χ3n) is 8.32. The maximum atomic E-state index is 13.9. The van der Waals surface area contributed by atoms with E-state index in [9.17, 15) is 24.1 Å². The predicted octanol–water partition coefficient (Wildman–Crippen LogP) is 6.98. The number of halogens is 1. The number of nitrogens with zero attached hydrogens (tertiary/aromatic N) is 1. The van der Waals surface area contributed by atoms with Gasteiger partial charge in [-0.3, -0.25) is 14.2 Å². The van der Waals surface area contributed by atoms with E-state index in [0.29, 0.717) is 22.7 Å². The Morgan fingerprint density at radius 3 is 2.28 bits per heavy atom. The SMILES string of the molecule is CCOP(=O)(OCC)C(O)[C@H](CCC(=O)N(C)c1ccccc1)NC(=O)[C@H](CC1CCCCC1)NC(=O)OC(C)c1cccc(Cl)c1. The molecule has 260 valence electrons. The Kier molecular flexibility index (Phi) is 15.7. The van der Waals surface area contributed by atoms with Gasteiger partial charge in [0.2, 0.25) is 11.8 Å². The summed E-state index contributed by atoms with van der Waals surface area (Å²) in [5, 5.41) is 17.4. The molecule has 13 heteroatoms. The Morgan fingerprint density at radius 2 is 1.66 bits per heavy atom. The van der Waals surface area contributed by atoms with Crippen LogP contribution in [0.4, 0.5) is 10.5 Å². The van der Waals surface area contributed by atoms with Crippen molar-refractivity contribution in [3.8, 4) is 0 Å². The molecule has 3 N–H and O–H groups in total. The summed E-state index contributed by atoms with van der Waals surface area (Å²) in [6, 6.07) is 13.8. The maximum absolute atomic E-state index is 13.9. The lowest BCUT2D eigenvalue weighted by atomic mass is 9.84. The fourth-order valence-electron chi connectivity index (χ4n) is 5.74. The average molecular weight is 694 g/mol. The fourth-order valence-corrected chi connectivity index (χ4v) is 7.71. The van der Waals surface area contributed by atoms with Crippen molar-refractivity contribution >= 4 is 42.8 Å². The van der Waals surface area contributed by atoms with E-state index in [1.54, 1.807) is 64.2 Å². The van der Waals surface area contributed by atoms with Crippen molar-refractivity contribution < 1.29 is 37.8 Å². The molecule has 3 amide bonds. The van der Waals surface area contributed by atoms with E-state index in [2.05, 4.69) is 10.6 Å². The van der Waals surface area contributed by atoms with Gasteiger partial charge in [0.15, 0.2) is 5.85 Å². The van der Waals surface area contributed by atoms with Crippen LogP contribution >= 0.6 is 19.2 Å². The van der Waals surface area contributed by atoms with Gasteiger partial charge >= 0.3 is 13.7 Å². The number of aliphatic hydroxyl groups is 1. The van der Waals surface area contributed by atoms with E-state index in [1.165, 1.54) is 4.90 Å². The molecule has 1 fully saturated rings. The highest BCUT2D eigenvalue weighted by molar-refractivity contribution is 7.54. The topological polar surface area (TPSA) is 144 Å². The van der Waals surface area contributed by atoms with Crippen LogP contribution in [0.5, 0.6) is 0 Å². The molecule has 47 heavy (non-hydrogen) atoms. The summed E-state index contributed by atoms with van der Waals surface area (Å²) in [7, 11) is -2.49. The van der Waals surface area contributed by atoms with Gasteiger partial charge in [0.1, 0.15) is 12.1 Å². The number of anilines is 1. The van der Waals surface area contributed by atoms with Crippen molar-refractivity contribution in [2.75, 3.05) is 25.2 Å². The third-order valence-corrected chi connectivity index (χ3v) is 10.8. The number of carbonyl (C=O) groups excluding carboxylic acids is 3. The van der Waals surface area contributed by atoms with E-state index >= 15 is 0 Å². The molecule has 2 aromatic carbocycles. The van der Waals surface area contributed by atoms with Crippen molar-refractivity contribution in [3.63, 3.8) is 0 Å². The van der Waals surface area contributed by atoms with Crippen LogP contribution in [-0.4, -0.2) is 61.2 Å². The minimum absolute atomic E-state index is 0.00675. The molecule has 11 nitrogen and oxygen atoms in total. The lowest BCUT2D eigenvalue weighted by Gasteiger charge is -2.32. The second-order valence-corrected chi connectivity index (χ2v) is 14.3. The van der Waals surface area contributed by atoms with Crippen LogP contribution in [0.15, 0.2) is 54.6 Å². The number of alkyl carbamates (subject to hydrolysis) is 1. The van der Waals surface area contributed by atoms with Gasteiger partial charge in [-0.25, -0.2) is 4.79 Å². The van der Waals surface area contributed by atoms with E-state index in [-0.39, 0.29) is 37.9 Å². The number of carbonyl (C=O) groups is 3. The second-order valence-electron chi connectivity index (χ2n) is 11.8. The fraction of sp³-hybridized carbons (Fsp3) is 0.559. The zero-order valence-electron chi connectivity index (χ0n) is 27.7. The van der Waals surface area contributed by atoms with Crippen molar-refractivity contribution in [1.29, 1.82) is 0 Å². The number of para-hydroxylation sites is 1. The Balaban J connectivity index is 1.82. The van der Waals surface area contributed by atoms with Gasteiger partial charge in [0.25, 0.3) is 0 Å². The van der Waals surface area contributed by atoms with Crippen LogP contribution in [-0.2, 0) is 27.9 Å². The molecule has 4 atom stereocenters. The van der Waals surface area contributed by atoms with E-state index in [0.717, 1.165) is 32.1 Å². The number of benzene rings is 2. The first kappa shape index (κ1) is 38.5. The van der Waals surface area contributed by atoms with E-state index in [4.69, 9.17) is 25.4 Å². The average Bonchev–Trinajstić information content (AvgIpc) is 3.06. The molecular formula is C34H49ClN3O8P. The molecule has 1 aliphatic carbocycles. The summed E-state index contributed by atoms with van der Waals surface area (Å²) < 4.78 is 30.0. The number of aliphatic hydroxyl groups excluding tert-OH is 1. The molecule has 0 aromatic heterocycles. The Morgan fingerprint density at radius 1 is 1.00 bits per heavy atom. The molecule has 0 spiro atoms. The monoisotopic (exact) mass is 693 g/mol. The highest BCUT2D eigenvalue weighted by Gasteiger charge is 2.42. The Labute approximate surface area is 283 Å². The first-order valence-electron chi connectivity index (χ1n) is 16.4. The zero-order chi connectivity index (χ0) is 34.4. The maximum Gasteiger partial charge on any atom is 0.408 e. The first-order chi connectivity index (χ1) is 22.5. The first-order valence-corrected chi connectivity index (χ1v) is 18.4. The van der Waals surface area contributed by atoms with Crippen LogP contribution in [0.3, 0.4) is 0 Å². The molecule has 0 bridgehead atoms. The quantitative estimate of drug-likeness (QED) is 0.151. The summed E-state index contributed by atoms with van der Waals surface area (Å²) in [5.74, 6) is -2.46. The number of hydrogen-bond acceptors (Lipinski definition) is 8. The lowest BCUT2D eigenvalue weighted by molar-refractivity contribution is -0.125. The molecule has 0 aliphatic heterocycles. The summed E-state index contributed by atoms with van der Waals surface area (Å²) in [5.41, 5.74) is 1.37. The van der Waals surface area contributed by atoms with Crippen molar-refractivity contribution in [3.05, 3.63) is 65.2 Å². The van der Waals surface area contributed by atoms with Gasteiger partial charge in [-0.15, -0.1) is 0 Å². The zero-order valence-corrected chi connectivity index (χ0v) is 29.4. The molecule has 0 saturated heterocycles. The smallest absolute Gasteiger partial charge is 0.408 e. The normalized spacial score (nSPS) is 16.4. The second kappa shape index (κ2) is 19.1. The Bertz CT molecular complexity index is 1330. The van der Waals surface area contributed by atoms with E-state index < -0.39 is 43.6 Å². The summed E-state index contributed by atoms with van der Waals surface area (Å²) in [6.45, 7) is 4.92. The van der Waals surface area contributed by atoms with Crippen LogP contribution in [0.2, 0.25) is 5.02 Å². The number of hydrogen-bond donors (Lipinski definition) is 3. The van der Waals surface area contributed by atoms with Crippen LogP contribution in [0, 0.1) is 5.92 Å². The summed E-state index contributed by atoms with van der Waals surface area (Å²) in [6.07, 6.45) is 3.75. The minimum atomic E-state index is -4.12. The molecular weight excluding hydrogens is 645 g/mol. The number of amides is 3. The summed E-state index contributed by atoms with van der Waals surface area (Å²) in [4.78, 5) is 41.7. The van der Waals surface area contributed by atoms with Crippen molar-refractivity contribution in [1.82, 2.24) is 10.6 Å². The van der Waals surface area contributed by atoms with Crippen LogP contribution < -0.4 is 15.5 Å². The molecule has 1 saturated carbocycles. The molecule has 1 aliphatic rings. The number of nitrogens with one attached hydrogen (secondary N) is 2. The van der Waals surface area contributed by atoms with Gasteiger partial charge in [0.05, 0.1) is 19.3 Å². The highest BCUT2D eigenvalue weighted by atomic mass is 35.5. The molecule has 0 radical (unpaired) electrons. The van der Waals surface area contributed by atoms with Gasteiger partial charge in [0, 0.05) is 24.2 Å². The lowest BCUT2D eigenvalue weighted by Crippen LogP contribution is -2.53. The molecule has 0 heterocycles. The van der Waals surface area contributed by atoms with Crippen LogP contribution in [0.25, 0.3) is 0 Å². The van der Waals surface area contributed by atoms with Crippen molar-refractivity contribution in [2.24, 2.45) is 5.92 Å². The highest BCUT2D eigenvalue weighted by Crippen LogP contribution is 2.53. The third kappa shape index (κ3) is 11.9. The molecule has 3 rings (SSSR count). The molecule has 2 aromatic rings. The standard InChI is InChI=1S/C34H49ClN3O8P/c1-5-44-47(43,45-6-2)33(41)29(20-21-31(39)38(4)28-18-11-8-12-19-28)36-32(40)30(22-25-14-9-7-10-15-25)37-34(42)46-24(3)26-16-13-17-27(35)23-26/h8,11-13,16-19,23-25,29-30,33,41H,5-7,9-10,14-15,20-22H2,1-4H3,(H,36,40)(H,37,42)/t24?,29-,30-,33?/m0/s1. The van der Waals surface area contributed by atoms with Crippen LogP contribution in [0.1, 0.15) is 83.8 Å². The number of ether oxygens (including phenoxy) is 1. The largest absolute Gasteiger partial charge is 0.442 e. The Hall–Kier alpha value is -2.95. The van der Waals surface area contributed by atoms with Gasteiger partial charge in [-0.05, 0) is 69.4 Å². The van der Waals surface area contributed by atoms with Crippen molar-refractivity contribution in [2.45, 2.75) is 96.2 Å². The van der Waals surface area contributed by atoms with Gasteiger partial charge < -0.3 is 34.4 Å². The van der Waals surface area contributed by atoms with E-state index in [1.807, 2.05) is 18.2 Å². The van der Waals surface area contributed by atoms with Gasteiger partial charge in [-0.2, -0.15) is 0 Å². The number of rotatable bonds is 17.